The van der Waals surface area contributed by atoms with Gasteiger partial charge in [0.15, 0.2) is 0 Å². The summed E-state index contributed by atoms with van der Waals surface area (Å²) in [5.74, 6) is 0.757. The molecule has 0 aliphatic heterocycles. The Hall–Kier alpha value is -2.45. The van der Waals surface area contributed by atoms with Gasteiger partial charge in [-0.1, -0.05) is 47.6 Å². The van der Waals surface area contributed by atoms with Gasteiger partial charge in [0.05, 0.1) is 7.11 Å². The van der Waals surface area contributed by atoms with Crippen molar-refractivity contribution in [2.75, 3.05) is 7.11 Å². The molecular weight excluding hydrogens is 214 g/mol. The summed E-state index contributed by atoms with van der Waals surface area (Å²) in [6.45, 7) is 0. The topological polar surface area (TPSA) is 58.0 Å². The van der Waals surface area contributed by atoms with Crippen molar-refractivity contribution < 1.29 is 4.74 Å². The fourth-order valence-electron chi connectivity index (χ4n) is 1.70. The van der Waals surface area contributed by atoms with Crippen LogP contribution < -0.4 is 4.74 Å². The van der Waals surface area contributed by atoms with Gasteiger partial charge in [-0.05, 0) is 17.2 Å². The number of hydrogen-bond acceptors (Lipinski definition) is 2. The molecule has 0 saturated heterocycles. The van der Waals surface area contributed by atoms with Crippen LogP contribution in [0.25, 0.3) is 21.6 Å². The van der Waals surface area contributed by atoms with Crippen LogP contribution in [0.4, 0.5) is 5.69 Å². The monoisotopic (exact) mass is 225 g/mol. The molecule has 0 heterocycles. The van der Waals surface area contributed by atoms with Crippen molar-refractivity contribution in [1.82, 2.24) is 0 Å². The van der Waals surface area contributed by atoms with Gasteiger partial charge >= 0.3 is 0 Å². The van der Waals surface area contributed by atoms with E-state index in [2.05, 4.69) is 10.0 Å². The summed E-state index contributed by atoms with van der Waals surface area (Å²) in [5, 5.41) is 3.68. The number of rotatable bonds is 3. The molecule has 0 atom stereocenters. The van der Waals surface area contributed by atoms with Gasteiger partial charge in [-0.15, -0.1) is 0 Å². The van der Waals surface area contributed by atoms with Crippen molar-refractivity contribution in [2.24, 2.45) is 5.11 Å². The molecule has 0 unspecified atom stereocenters. The van der Waals surface area contributed by atoms with E-state index in [1.807, 2.05) is 42.5 Å². The second-order valence-corrected chi connectivity index (χ2v) is 3.41. The predicted octanol–water partition coefficient (Wildman–Crippen LogP) is 4.30. The van der Waals surface area contributed by atoms with E-state index in [1.54, 1.807) is 13.2 Å². The van der Waals surface area contributed by atoms with Gasteiger partial charge in [0, 0.05) is 16.2 Å². The molecule has 0 aromatic heterocycles. The summed E-state index contributed by atoms with van der Waals surface area (Å²) in [5.41, 5.74) is 10.9. The molecular formula is C13H11N3O. The van der Waals surface area contributed by atoms with Gasteiger partial charge in [0.2, 0.25) is 0 Å². The molecule has 0 saturated carbocycles. The van der Waals surface area contributed by atoms with E-state index in [-0.39, 0.29) is 0 Å². The smallest absolute Gasteiger partial charge is 0.126 e. The Labute approximate surface area is 99.1 Å². The second-order valence-electron chi connectivity index (χ2n) is 3.41. The highest BCUT2D eigenvalue weighted by molar-refractivity contribution is 5.79. The first-order chi connectivity index (χ1) is 8.36. The summed E-state index contributed by atoms with van der Waals surface area (Å²) in [6.07, 6.45) is 0. The second kappa shape index (κ2) is 5.05. The van der Waals surface area contributed by atoms with Gasteiger partial charge in [-0.25, -0.2) is 0 Å². The first kappa shape index (κ1) is 11.0. The summed E-state index contributed by atoms with van der Waals surface area (Å²) < 4.78 is 5.30. The highest BCUT2D eigenvalue weighted by Gasteiger charge is 2.07. The van der Waals surface area contributed by atoms with E-state index in [0.717, 1.165) is 16.9 Å². The Morgan fingerprint density at radius 1 is 1.00 bits per heavy atom. The zero-order chi connectivity index (χ0) is 12.1. The number of nitrogens with zero attached hydrogens (tertiary/aromatic N) is 3. The SMILES string of the molecule is COc1ccccc1-c1ccccc1N=[N+]=[N-]. The molecule has 0 N–H and O–H groups in total. The molecule has 2 aromatic rings. The standard InChI is InChI=1S/C13H11N3O/c1-17-13-9-5-3-7-11(13)10-6-2-4-8-12(10)15-16-14/h2-9H,1H3. The van der Waals surface area contributed by atoms with Crippen LogP contribution in [-0.2, 0) is 0 Å². The molecule has 17 heavy (non-hydrogen) atoms. The van der Waals surface area contributed by atoms with E-state index in [4.69, 9.17) is 10.3 Å². The number of azide groups is 1. The molecule has 0 aliphatic carbocycles. The average molecular weight is 225 g/mol. The Bertz CT molecular complexity index is 574. The van der Waals surface area contributed by atoms with E-state index < -0.39 is 0 Å². The van der Waals surface area contributed by atoms with Crippen LogP contribution in [0.2, 0.25) is 0 Å². The maximum atomic E-state index is 8.54. The van der Waals surface area contributed by atoms with Crippen LogP contribution in [0.3, 0.4) is 0 Å². The highest BCUT2D eigenvalue weighted by atomic mass is 16.5. The van der Waals surface area contributed by atoms with Crippen LogP contribution in [0.1, 0.15) is 0 Å². The number of benzene rings is 2. The highest BCUT2D eigenvalue weighted by Crippen LogP contribution is 2.35. The lowest BCUT2D eigenvalue weighted by Gasteiger charge is -2.10. The Morgan fingerprint density at radius 2 is 1.65 bits per heavy atom. The van der Waals surface area contributed by atoms with Gasteiger partial charge in [-0.2, -0.15) is 0 Å². The minimum absolute atomic E-state index is 0.597. The molecule has 4 heteroatoms. The van der Waals surface area contributed by atoms with E-state index in [0.29, 0.717) is 5.69 Å². The molecule has 4 nitrogen and oxygen atoms in total. The van der Waals surface area contributed by atoms with Crippen LogP contribution in [0.15, 0.2) is 53.6 Å². The fourth-order valence-corrected chi connectivity index (χ4v) is 1.70. The van der Waals surface area contributed by atoms with Crippen LogP contribution in [0.5, 0.6) is 5.75 Å². The minimum Gasteiger partial charge on any atom is -0.496 e. The molecule has 0 fully saturated rings. The maximum absolute atomic E-state index is 8.54. The van der Waals surface area contributed by atoms with Gasteiger partial charge < -0.3 is 4.74 Å². The third kappa shape index (κ3) is 2.22. The van der Waals surface area contributed by atoms with E-state index in [1.165, 1.54) is 0 Å². The molecule has 2 rings (SSSR count). The molecule has 0 bridgehead atoms. The fraction of sp³-hybridized carbons (Fsp3) is 0.0769. The minimum atomic E-state index is 0.597. The van der Waals surface area contributed by atoms with Gasteiger partial charge in [-0.3, -0.25) is 0 Å². The molecule has 2 aromatic carbocycles. The average Bonchev–Trinajstić information content (AvgIpc) is 2.40. The summed E-state index contributed by atoms with van der Waals surface area (Å²) in [4.78, 5) is 2.83. The zero-order valence-electron chi connectivity index (χ0n) is 9.37. The molecule has 0 radical (unpaired) electrons. The largest absolute Gasteiger partial charge is 0.496 e. The van der Waals surface area contributed by atoms with Crippen molar-refractivity contribution in [3.63, 3.8) is 0 Å². The number of para-hydroxylation sites is 1. The molecule has 0 amide bonds. The zero-order valence-corrected chi connectivity index (χ0v) is 9.37. The lowest BCUT2D eigenvalue weighted by molar-refractivity contribution is 0.416. The van der Waals surface area contributed by atoms with Crippen molar-refractivity contribution in [2.45, 2.75) is 0 Å². The lowest BCUT2D eigenvalue weighted by Crippen LogP contribution is -1.87. The molecule has 84 valence electrons. The van der Waals surface area contributed by atoms with Gasteiger partial charge in [0.25, 0.3) is 0 Å². The Kier molecular flexibility index (Phi) is 3.28. The van der Waals surface area contributed by atoms with Gasteiger partial charge in [0.1, 0.15) is 5.75 Å². The number of hydrogen-bond donors (Lipinski definition) is 0. The van der Waals surface area contributed by atoms with Crippen LogP contribution in [-0.4, -0.2) is 7.11 Å². The first-order valence-electron chi connectivity index (χ1n) is 5.14. The van der Waals surface area contributed by atoms with Crippen molar-refractivity contribution >= 4 is 5.69 Å². The van der Waals surface area contributed by atoms with E-state index >= 15 is 0 Å². The van der Waals surface area contributed by atoms with Crippen molar-refractivity contribution in [3.05, 3.63) is 59.0 Å². The number of ether oxygens (including phenoxy) is 1. The Morgan fingerprint density at radius 3 is 2.35 bits per heavy atom. The first-order valence-corrected chi connectivity index (χ1v) is 5.14. The van der Waals surface area contributed by atoms with Crippen molar-refractivity contribution in [3.8, 4) is 16.9 Å². The Balaban J connectivity index is 2.63. The molecule has 0 spiro atoms. The van der Waals surface area contributed by atoms with E-state index in [9.17, 15) is 0 Å². The quantitative estimate of drug-likeness (QED) is 0.436. The maximum Gasteiger partial charge on any atom is 0.126 e. The van der Waals surface area contributed by atoms with Crippen LogP contribution in [0, 0.1) is 0 Å². The third-order valence-electron chi connectivity index (χ3n) is 2.45. The van der Waals surface area contributed by atoms with Crippen LogP contribution >= 0.6 is 0 Å². The summed E-state index contributed by atoms with van der Waals surface area (Å²) >= 11 is 0. The van der Waals surface area contributed by atoms with Crippen molar-refractivity contribution in [1.29, 1.82) is 0 Å². The predicted molar refractivity (Wildman–Crippen MR) is 67.2 cm³/mol. The summed E-state index contributed by atoms with van der Waals surface area (Å²) in [7, 11) is 1.62. The summed E-state index contributed by atoms with van der Waals surface area (Å²) in [6, 6.07) is 15.1. The normalized spacial score (nSPS) is 9.47. The number of methoxy groups -OCH3 is 1. The third-order valence-corrected chi connectivity index (χ3v) is 2.45. The molecule has 0 aliphatic rings. The lowest BCUT2D eigenvalue weighted by atomic mass is 10.0.